The van der Waals surface area contributed by atoms with Crippen LogP contribution in [0.3, 0.4) is 0 Å². The van der Waals surface area contributed by atoms with Gasteiger partial charge in [0.2, 0.25) is 5.78 Å². The van der Waals surface area contributed by atoms with Gasteiger partial charge in [-0.3, -0.25) is 19.3 Å². The molecule has 0 radical (unpaired) electrons. The molecule has 0 bridgehead atoms. The number of nitrogens with two attached hydrogens (primary N) is 1. The zero-order valence-electron chi connectivity index (χ0n) is 18.4. The van der Waals surface area contributed by atoms with Crippen molar-refractivity contribution in [2.24, 2.45) is 17.6 Å². The summed E-state index contributed by atoms with van der Waals surface area (Å²) in [7, 11) is 3.13. The first-order valence-corrected chi connectivity index (χ1v) is 10.6. The van der Waals surface area contributed by atoms with Crippen molar-refractivity contribution in [3.8, 4) is 5.75 Å². The molecule has 10 heteroatoms. The van der Waals surface area contributed by atoms with E-state index in [9.17, 15) is 34.8 Å². The minimum absolute atomic E-state index is 0.0338. The van der Waals surface area contributed by atoms with E-state index in [1.165, 1.54) is 11.0 Å². The molecule has 0 saturated carbocycles. The van der Waals surface area contributed by atoms with Crippen LogP contribution in [0.1, 0.15) is 22.8 Å². The largest absolute Gasteiger partial charge is 0.510 e. The van der Waals surface area contributed by atoms with Crippen molar-refractivity contribution >= 4 is 17.5 Å². The van der Waals surface area contributed by atoms with Crippen molar-refractivity contribution in [3.63, 3.8) is 0 Å². The molecule has 0 unspecified atom stereocenters. The van der Waals surface area contributed by atoms with Crippen LogP contribution in [0.25, 0.3) is 0 Å². The lowest BCUT2D eigenvalue weighted by molar-refractivity contribution is -0.167. The molecule has 3 aliphatic rings. The molecule has 0 saturated heterocycles. The average Bonchev–Trinajstić information content (AvgIpc) is 2.72. The molecule has 1 aromatic rings. The number of nitrogens with zero attached hydrogens (tertiary/aromatic N) is 1. The topological polar surface area (TPSA) is 171 Å². The van der Waals surface area contributed by atoms with Crippen molar-refractivity contribution in [1.29, 1.82) is 0 Å². The van der Waals surface area contributed by atoms with Crippen LogP contribution in [-0.2, 0) is 20.7 Å². The minimum Gasteiger partial charge on any atom is -0.510 e. The zero-order chi connectivity index (χ0) is 24.4. The fourth-order valence-corrected chi connectivity index (χ4v) is 5.58. The van der Waals surface area contributed by atoms with E-state index in [0.717, 1.165) is 0 Å². The van der Waals surface area contributed by atoms with Gasteiger partial charge >= 0.3 is 0 Å². The zero-order valence-corrected chi connectivity index (χ0v) is 18.4. The number of amides is 1. The smallest absolute Gasteiger partial charge is 0.255 e. The van der Waals surface area contributed by atoms with Crippen LogP contribution >= 0.6 is 0 Å². The van der Waals surface area contributed by atoms with Gasteiger partial charge in [0.25, 0.3) is 5.91 Å². The second-order valence-electron chi connectivity index (χ2n) is 8.79. The number of phenolic OH excluding ortho intramolecular Hbond substituents is 1. The summed E-state index contributed by atoms with van der Waals surface area (Å²) in [6.45, 7) is 1.84. The summed E-state index contributed by atoms with van der Waals surface area (Å²) < 4.78 is 5.95. The fraction of sp³-hybridized carbons (Fsp3) is 0.435. The highest BCUT2D eigenvalue weighted by atomic mass is 16.5. The predicted molar refractivity (Wildman–Crippen MR) is 114 cm³/mol. The van der Waals surface area contributed by atoms with Crippen LogP contribution in [0.15, 0.2) is 40.9 Å². The first-order chi connectivity index (χ1) is 15.5. The second kappa shape index (κ2) is 7.68. The number of rotatable bonds is 4. The first-order valence-electron chi connectivity index (χ1n) is 10.6. The molecule has 4 rings (SSSR count). The Bertz CT molecular complexity index is 1140. The third-order valence-corrected chi connectivity index (χ3v) is 6.87. The molecule has 0 fully saturated rings. The number of hydrogen-bond acceptors (Lipinski definition) is 9. The monoisotopic (exact) mass is 458 g/mol. The Morgan fingerprint density at radius 1 is 1.24 bits per heavy atom. The number of ketones is 2. The maximum absolute atomic E-state index is 13.4. The Morgan fingerprint density at radius 2 is 1.91 bits per heavy atom. The molecule has 10 nitrogen and oxygen atoms in total. The van der Waals surface area contributed by atoms with Gasteiger partial charge in [0.1, 0.15) is 22.8 Å². The van der Waals surface area contributed by atoms with Crippen molar-refractivity contribution in [2.75, 3.05) is 20.7 Å². The molecule has 0 spiro atoms. The Labute approximate surface area is 189 Å². The molecule has 3 aliphatic carbocycles. The van der Waals surface area contributed by atoms with Crippen LogP contribution in [0, 0.1) is 11.8 Å². The lowest BCUT2D eigenvalue weighted by Crippen LogP contribution is -2.68. The predicted octanol–water partition coefficient (Wildman–Crippen LogP) is 0.136. The average molecular weight is 458 g/mol. The highest BCUT2D eigenvalue weighted by Gasteiger charge is 2.67. The lowest BCUT2D eigenvalue weighted by atomic mass is 9.57. The number of primary amides is 1. The molecule has 0 aliphatic heterocycles. The molecule has 0 aromatic heterocycles. The van der Waals surface area contributed by atoms with E-state index < -0.39 is 64.1 Å². The number of aliphatic hydroxyl groups excluding tert-OH is 2. The Kier molecular flexibility index (Phi) is 5.35. The van der Waals surface area contributed by atoms with E-state index >= 15 is 0 Å². The van der Waals surface area contributed by atoms with E-state index in [1.54, 1.807) is 33.2 Å². The molecule has 0 heterocycles. The van der Waals surface area contributed by atoms with Gasteiger partial charge < -0.3 is 30.9 Å². The van der Waals surface area contributed by atoms with Crippen molar-refractivity contribution < 1.29 is 39.5 Å². The fourth-order valence-electron chi connectivity index (χ4n) is 5.58. The molecule has 176 valence electrons. The van der Waals surface area contributed by atoms with Gasteiger partial charge in [-0.05, 0) is 39.1 Å². The number of likely N-dealkylation sites (N-methyl/N-ethyl adjacent to an activating group) is 1. The number of fused-ring (bicyclic) bond motifs is 3. The number of phenols is 1. The summed E-state index contributed by atoms with van der Waals surface area (Å²) >= 11 is 0. The number of aromatic hydroxyl groups is 1. The SMILES string of the molecule is CCO[C@H]1[C@H]2[C@H](N(C)C)C(O)=C(C(N)=O)C(=O)[C@@]2(O)C(O)=C2C(=O)c3c(O)cccc3C[C@H]21. The Balaban J connectivity index is 2.05. The molecule has 1 amide bonds. The summed E-state index contributed by atoms with van der Waals surface area (Å²) in [5, 5.41) is 44.1. The normalized spacial score (nSPS) is 31.4. The van der Waals surface area contributed by atoms with Crippen LogP contribution in [-0.4, -0.2) is 81.2 Å². The maximum Gasteiger partial charge on any atom is 0.255 e. The van der Waals surface area contributed by atoms with E-state index in [-0.39, 0.29) is 29.9 Å². The molecule has 1 aromatic carbocycles. The van der Waals surface area contributed by atoms with E-state index in [4.69, 9.17) is 10.5 Å². The quantitative estimate of drug-likeness (QED) is 0.394. The Hall–Kier alpha value is -3.21. The van der Waals surface area contributed by atoms with Crippen molar-refractivity contribution in [3.05, 3.63) is 52.0 Å². The lowest BCUT2D eigenvalue weighted by Gasteiger charge is -2.53. The highest BCUT2D eigenvalue weighted by molar-refractivity contribution is 6.24. The number of aliphatic hydroxyl groups is 3. The van der Waals surface area contributed by atoms with Gasteiger partial charge in [-0.2, -0.15) is 0 Å². The van der Waals surface area contributed by atoms with Crippen LogP contribution in [0.5, 0.6) is 5.75 Å². The molecular formula is C23H26N2O8. The summed E-state index contributed by atoms with van der Waals surface area (Å²) in [5.74, 6) is -7.22. The molecular weight excluding hydrogens is 432 g/mol. The van der Waals surface area contributed by atoms with Gasteiger partial charge in [0, 0.05) is 18.1 Å². The third kappa shape index (κ3) is 2.94. The summed E-state index contributed by atoms with van der Waals surface area (Å²) in [4.78, 5) is 40.3. The molecule has 6 N–H and O–H groups in total. The first kappa shape index (κ1) is 23.0. The molecule has 33 heavy (non-hydrogen) atoms. The van der Waals surface area contributed by atoms with E-state index in [0.29, 0.717) is 5.56 Å². The van der Waals surface area contributed by atoms with Crippen molar-refractivity contribution in [1.82, 2.24) is 4.90 Å². The molecule has 5 atom stereocenters. The number of carbonyl (C=O) groups is 3. The van der Waals surface area contributed by atoms with Crippen LogP contribution in [0.4, 0.5) is 0 Å². The van der Waals surface area contributed by atoms with Crippen LogP contribution < -0.4 is 5.73 Å². The number of Topliss-reactive ketones (excluding diaryl/α,β-unsaturated/α-hetero) is 2. The van der Waals surface area contributed by atoms with Gasteiger partial charge in [0.05, 0.1) is 23.6 Å². The van der Waals surface area contributed by atoms with E-state index in [1.807, 2.05) is 0 Å². The highest BCUT2D eigenvalue weighted by Crippen LogP contribution is 2.53. The second-order valence-corrected chi connectivity index (χ2v) is 8.79. The standard InChI is InChI=1S/C23H26N2O8/c1-4-33-19-10-8-9-6-5-7-11(26)12(9)17(27)13(10)20(29)23(32)15(19)16(25(2)3)18(28)14(21(23)30)22(24)31/h5-7,10,15-16,19,26,28-29,32H,4,8H2,1-3H3,(H2,24,31)/t10-,15-,16+,19-,23+/m1/s1. The van der Waals surface area contributed by atoms with Gasteiger partial charge in [-0.25, -0.2) is 0 Å². The van der Waals surface area contributed by atoms with Gasteiger partial charge in [0.15, 0.2) is 11.4 Å². The van der Waals surface area contributed by atoms with Crippen molar-refractivity contribution in [2.45, 2.75) is 31.1 Å². The number of benzene rings is 1. The number of carbonyl (C=O) groups excluding carboxylic acids is 3. The van der Waals surface area contributed by atoms with Gasteiger partial charge in [-0.1, -0.05) is 12.1 Å². The summed E-state index contributed by atoms with van der Waals surface area (Å²) in [6, 6.07) is 3.46. The third-order valence-electron chi connectivity index (χ3n) is 6.87. The van der Waals surface area contributed by atoms with Crippen LogP contribution in [0.2, 0.25) is 0 Å². The number of hydrogen-bond donors (Lipinski definition) is 5. The van der Waals surface area contributed by atoms with E-state index in [2.05, 4.69) is 0 Å². The maximum atomic E-state index is 13.4. The summed E-state index contributed by atoms with van der Waals surface area (Å²) in [5.41, 5.74) is 1.96. The summed E-state index contributed by atoms with van der Waals surface area (Å²) in [6.07, 6.45) is -0.827. The van der Waals surface area contributed by atoms with Gasteiger partial charge in [-0.15, -0.1) is 0 Å². The minimum atomic E-state index is -2.76. The Morgan fingerprint density at radius 3 is 2.48 bits per heavy atom. The number of ether oxygens (including phenoxy) is 1.